The molecule has 1 aliphatic heterocycles. The van der Waals surface area contributed by atoms with Crippen LogP contribution in [-0.4, -0.2) is 39.5 Å². The van der Waals surface area contributed by atoms with Gasteiger partial charge in [0.05, 0.1) is 0 Å². The van der Waals surface area contributed by atoms with E-state index in [0.29, 0.717) is 18.7 Å². The number of aromatic nitrogens is 1. The summed E-state index contributed by atoms with van der Waals surface area (Å²) < 4.78 is 0. The lowest BCUT2D eigenvalue weighted by Gasteiger charge is -2.21. The lowest BCUT2D eigenvalue weighted by molar-refractivity contribution is -0.141. The number of aryl methyl sites for hydroxylation is 1. The van der Waals surface area contributed by atoms with Crippen LogP contribution >= 0.6 is 0 Å². The molecule has 1 fully saturated rings. The van der Waals surface area contributed by atoms with Gasteiger partial charge in [-0.15, -0.1) is 0 Å². The van der Waals surface area contributed by atoms with Crippen LogP contribution in [0.3, 0.4) is 0 Å². The van der Waals surface area contributed by atoms with Gasteiger partial charge in [-0.3, -0.25) is 9.78 Å². The predicted octanol–water partition coefficient (Wildman–Crippen LogP) is 1.33. The van der Waals surface area contributed by atoms with E-state index in [1.54, 1.807) is 12.3 Å². The van der Waals surface area contributed by atoms with Crippen molar-refractivity contribution >= 4 is 11.9 Å². The lowest BCUT2D eigenvalue weighted by atomic mass is 10.1. The van der Waals surface area contributed by atoms with Gasteiger partial charge < -0.3 is 10.0 Å². The average Bonchev–Trinajstić information content (AvgIpc) is 2.87. The maximum Gasteiger partial charge on any atom is 0.326 e. The summed E-state index contributed by atoms with van der Waals surface area (Å²) in [6.07, 6.45) is 3.67. The largest absolute Gasteiger partial charge is 0.480 e. The molecule has 1 atom stereocenters. The van der Waals surface area contributed by atoms with E-state index in [0.717, 1.165) is 18.4 Å². The highest BCUT2D eigenvalue weighted by atomic mass is 16.4. The van der Waals surface area contributed by atoms with E-state index in [1.807, 2.05) is 13.0 Å². The fourth-order valence-electron chi connectivity index (χ4n) is 2.22. The number of amides is 1. The number of nitrogens with zero attached hydrogens (tertiary/aromatic N) is 2. The van der Waals surface area contributed by atoms with Crippen LogP contribution in [0.5, 0.6) is 0 Å². The minimum absolute atomic E-state index is 0.282. The van der Waals surface area contributed by atoms with Crippen molar-refractivity contribution in [2.45, 2.75) is 32.2 Å². The summed E-state index contributed by atoms with van der Waals surface area (Å²) in [5, 5.41) is 9.07. The monoisotopic (exact) mass is 248 g/mol. The Labute approximate surface area is 105 Å². The zero-order valence-corrected chi connectivity index (χ0v) is 10.3. The molecule has 5 nitrogen and oxygen atoms in total. The van der Waals surface area contributed by atoms with Crippen molar-refractivity contribution in [2.75, 3.05) is 6.54 Å². The van der Waals surface area contributed by atoms with E-state index in [4.69, 9.17) is 5.11 Å². The summed E-state index contributed by atoms with van der Waals surface area (Å²) in [6.45, 7) is 2.49. The zero-order chi connectivity index (χ0) is 13.1. The Morgan fingerprint density at radius 2 is 2.33 bits per heavy atom. The van der Waals surface area contributed by atoms with Gasteiger partial charge >= 0.3 is 5.97 Å². The van der Waals surface area contributed by atoms with Crippen molar-refractivity contribution in [1.82, 2.24) is 9.88 Å². The molecular formula is C13H16N2O3. The van der Waals surface area contributed by atoms with Crippen LogP contribution in [0.4, 0.5) is 0 Å². The van der Waals surface area contributed by atoms with Gasteiger partial charge in [-0.2, -0.15) is 0 Å². The molecule has 0 aliphatic carbocycles. The highest BCUT2D eigenvalue weighted by Gasteiger charge is 2.34. The number of rotatable bonds is 3. The van der Waals surface area contributed by atoms with Gasteiger partial charge in [0, 0.05) is 12.7 Å². The molecule has 5 heteroatoms. The molecule has 1 aromatic rings. The van der Waals surface area contributed by atoms with Crippen LogP contribution in [0.2, 0.25) is 0 Å². The first-order valence-electron chi connectivity index (χ1n) is 6.12. The van der Waals surface area contributed by atoms with Crippen molar-refractivity contribution in [2.24, 2.45) is 0 Å². The number of likely N-dealkylation sites (tertiary alicyclic amines) is 1. The van der Waals surface area contributed by atoms with Crippen LogP contribution in [0, 0.1) is 0 Å². The molecule has 1 aliphatic rings. The molecule has 1 aromatic heterocycles. The van der Waals surface area contributed by atoms with Gasteiger partial charge in [-0.25, -0.2) is 4.79 Å². The Morgan fingerprint density at radius 1 is 1.56 bits per heavy atom. The number of carbonyl (C=O) groups is 2. The van der Waals surface area contributed by atoms with Crippen molar-refractivity contribution in [1.29, 1.82) is 0 Å². The van der Waals surface area contributed by atoms with Gasteiger partial charge in [0.2, 0.25) is 0 Å². The second-order valence-electron chi connectivity index (χ2n) is 4.40. The number of carboxylic acids is 1. The molecule has 96 valence electrons. The topological polar surface area (TPSA) is 70.5 Å². The highest BCUT2D eigenvalue weighted by molar-refractivity contribution is 5.95. The molecule has 0 saturated carbocycles. The van der Waals surface area contributed by atoms with Gasteiger partial charge in [-0.05, 0) is 37.0 Å². The fraction of sp³-hybridized carbons (Fsp3) is 0.462. The number of carboxylic acid groups (broad SMARTS) is 1. The third-order valence-electron chi connectivity index (χ3n) is 3.25. The summed E-state index contributed by atoms with van der Waals surface area (Å²) in [7, 11) is 0. The van der Waals surface area contributed by atoms with Crippen LogP contribution in [0.1, 0.15) is 35.8 Å². The van der Waals surface area contributed by atoms with E-state index >= 15 is 0 Å². The normalized spacial score (nSPS) is 18.9. The van der Waals surface area contributed by atoms with Gasteiger partial charge in [0.25, 0.3) is 5.91 Å². The van der Waals surface area contributed by atoms with Crippen LogP contribution in [0.25, 0.3) is 0 Å². The second kappa shape index (κ2) is 5.16. The molecular weight excluding hydrogens is 232 g/mol. The van der Waals surface area contributed by atoms with Crippen LogP contribution in [-0.2, 0) is 11.2 Å². The number of pyridine rings is 1. The van der Waals surface area contributed by atoms with Gasteiger partial charge in [0.1, 0.15) is 11.7 Å². The van der Waals surface area contributed by atoms with Crippen LogP contribution in [0.15, 0.2) is 18.3 Å². The summed E-state index contributed by atoms with van der Waals surface area (Å²) in [5.41, 5.74) is 1.36. The lowest BCUT2D eigenvalue weighted by Crippen LogP contribution is -2.40. The smallest absolute Gasteiger partial charge is 0.326 e. The predicted molar refractivity (Wildman–Crippen MR) is 65.3 cm³/mol. The quantitative estimate of drug-likeness (QED) is 0.876. The number of hydrogen-bond donors (Lipinski definition) is 1. The molecule has 0 spiro atoms. The number of carbonyl (C=O) groups excluding carboxylic acids is 1. The molecule has 1 saturated heterocycles. The molecule has 18 heavy (non-hydrogen) atoms. The Bertz CT molecular complexity index is 473. The molecule has 0 radical (unpaired) electrons. The maximum atomic E-state index is 12.2. The number of aliphatic carboxylic acids is 1. The molecule has 2 rings (SSSR count). The van der Waals surface area contributed by atoms with Crippen molar-refractivity contribution in [3.63, 3.8) is 0 Å². The summed E-state index contributed by atoms with van der Waals surface area (Å²) >= 11 is 0. The molecule has 0 bridgehead atoms. The number of hydrogen-bond acceptors (Lipinski definition) is 3. The van der Waals surface area contributed by atoms with Crippen LogP contribution < -0.4 is 0 Å². The Balaban J connectivity index is 2.22. The summed E-state index contributed by atoms with van der Waals surface area (Å²) in [5.74, 6) is -1.22. The molecule has 0 aromatic carbocycles. The Kier molecular flexibility index (Phi) is 3.60. The van der Waals surface area contributed by atoms with Gasteiger partial charge in [0.15, 0.2) is 0 Å². The highest BCUT2D eigenvalue weighted by Crippen LogP contribution is 2.20. The Hall–Kier alpha value is -1.91. The first-order chi connectivity index (χ1) is 8.63. The van der Waals surface area contributed by atoms with E-state index in [9.17, 15) is 9.59 Å². The van der Waals surface area contributed by atoms with E-state index in [1.165, 1.54) is 4.90 Å². The maximum absolute atomic E-state index is 12.2. The van der Waals surface area contributed by atoms with Crippen molar-refractivity contribution in [3.8, 4) is 0 Å². The zero-order valence-electron chi connectivity index (χ0n) is 10.3. The third-order valence-corrected chi connectivity index (χ3v) is 3.25. The summed E-state index contributed by atoms with van der Waals surface area (Å²) in [4.78, 5) is 28.7. The standard InChI is InChI=1S/C13H16N2O3/c1-2-9-5-6-14-10(8-9)12(16)15-7-3-4-11(15)13(17)18/h5-6,8,11H,2-4,7H2,1H3,(H,17,18)/t11-/m1/s1. The molecule has 1 N–H and O–H groups in total. The minimum Gasteiger partial charge on any atom is -0.480 e. The second-order valence-corrected chi connectivity index (χ2v) is 4.40. The third kappa shape index (κ3) is 2.34. The summed E-state index contributed by atoms with van der Waals surface area (Å²) in [6, 6.07) is 2.89. The minimum atomic E-state index is -0.938. The van der Waals surface area contributed by atoms with E-state index < -0.39 is 12.0 Å². The first kappa shape index (κ1) is 12.5. The SMILES string of the molecule is CCc1ccnc(C(=O)N2CCC[C@@H]2C(=O)O)c1. The molecule has 2 heterocycles. The molecule has 0 unspecified atom stereocenters. The van der Waals surface area contributed by atoms with Gasteiger partial charge in [-0.1, -0.05) is 6.92 Å². The molecule has 1 amide bonds. The van der Waals surface area contributed by atoms with Crippen molar-refractivity contribution in [3.05, 3.63) is 29.6 Å². The fourth-order valence-corrected chi connectivity index (χ4v) is 2.22. The Morgan fingerprint density at radius 3 is 3.00 bits per heavy atom. The van der Waals surface area contributed by atoms with E-state index in [-0.39, 0.29) is 5.91 Å². The van der Waals surface area contributed by atoms with Crippen molar-refractivity contribution < 1.29 is 14.7 Å². The first-order valence-corrected chi connectivity index (χ1v) is 6.12. The van der Waals surface area contributed by atoms with E-state index in [2.05, 4.69) is 4.98 Å². The average molecular weight is 248 g/mol.